The summed E-state index contributed by atoms with van der Waals surface area (Å²) in [5.74, 6) is -0.0695. The van der Waals surface area contributed by atoms with Crippen LogP contribution in [0.15, 0.2) is 67.0 Å². The van der Waals surface area contributed by atoms with Crippen molar-refractivity contribution in [1.82, 2.24) is 14.7 Å². The Kier molecular flexibility index (Phi) is 4.44. The van der Waals surface area contributed by atoms with E-state index in [0.717, 1.165) is 11.3 Å². The van der Waals surface area contributed by atoms with E-state index < -0.39 is 0 Å². The fourth-order valence-electron chi connectivity index (χ4n) is 2.35. The summed E-state index contributed by atoms with van der Waals surface area (Å²) in [6, 6.07) is 16.8. The largest absolute Gasteiger partial charge is 0.337 e. The van der Waals surface area contributed by atoms with E-state index in [2.05, 4.69) is 5.10 Å². The number of carbonyl (C=O) groups is 1. The molecule has 0 atom stereocenters. The zero-order valence-electron chi connectivity index (χ0n) is 12.7. The maximum absolute atomic E-state index is 12.4. The minimum atomic E-state index is -0.0695. The van der Waals surface area contributed by atoms with E-state index in [4.69, 9.17) is 11.6 Å². The Morgan fingerprint density at radius 3 is 2.70 bits per heavy atom. The van der Waals surface area contributed by atoms with Crippen LogP contribution in [0, 0.1) is 0 Å². The maximum atomic E-state index is 12.4. The minimum Gasteiger partial charge on any atom is -0.337 e. The molecule has 0 spiro atoms. The molecule has 0 aliphatic heterocycles. The molecule has 0 saturated heterocycles. The van der Waals surface area contributed by atoms with Crippen molar-refractivity contribution in [3.63, 3.8) is 0 Å². The number of benzene rings is 2. The molecule has 0 N–H and O–H groups in total. The Hall–Kier alpha value is -2.59. The van der Waals surface area contributed by atoms with Crippen molar-refractivity contribution < 1.29 is 4.79 Å². The van der Waals surface area contributed by atoms with Gasteiger partial charge in [0.2, 0.25) is 0 Å². The molecule has 0 aliphatic carbocycles. The van der Waals surface area contributed by atoms with Gasteiger partial charge in [-0.05, 0) is 30.3 Å². The predicted molar refractivity (Wildman–Crippen MR) is 90.8 cm³/mol. The van der Waals surface area contributed by atoms with Gasteiger partial charge in [-0.15, -0.1) is 0 Å². The van der Waals surface area contributed by atoms with Crippen LogP contribution in [0.2, 0.25) is 5.02 Å². The first-order valence-corrected chi connectivity index (χ1v) is 7.61. The van der Waals surface area contributed by atoms with E-state index >= 15 is 0 Å². The molecule has 1 aromatic heterocycles. The molecule has 0 saturated carbocycles. The fourth-order valence-corrected chi connectivity index (χ4v) is 2.54. The third kappa shape index (κ3) is 3.60. The van der Waals surface area contributed by atoms with Crippen LogP contribution < -0.4 is 0 Å². The molecule has 0 aliphatic rings. The number of rotatable bonds is 4. The summed E-state index contributed by atoms with van der Waals surface area (Å²) in [6.45, 7) is 0.484. The lowest BCUT2D eigenvalue weighted by Crippen LogP contribution is -2.25. The summed E-state index contributed by atoms with van der Waals surface area (Å²) in [6.07, 6.45) is 3.70. The highest BCUT2D eigenvalue weighted by Crippen LogP contribution is 2.14. The SMILES string of the molecule is CN(Cc1cnn(-c2ccccc2)c1)C(=O)c1cccc(Cl)c1. The third-order valence-electron chi connectivity index (χ3n) is 3.49. The van der Waals surface area contributed by atoms with Gasteiger partial charge < -0.3 is 4.90 Å². The summed E-state index contributed by atoms with van der Waals surface area (Å²) in [5, 5.41) is 4.90. The van der Waals surface area contributed by atoms with Crippen molar-refractivity contribution in [3.8, 4) is 5.69 Å². The Balaban J connectivity index is 1.72. The van der Waals surface area contributed by atoms with Gasteiger partial charge in [-0.3, -0.25) is 4.79 Å². The van der Waals surface area contributed by atoms with Crippen LogP contribution in [-0.2, 0) is 6.54 Å². The van der Waals surface area contributed by atoms with Crippen molar-refractivity contribution in [1.29, 1.82) is 0 Å². The number of hydrogen-bond acceptors (Lipinski definition) is 2. The number of aromatic nitrogens is 2. The van der Waals surface area contributed by atoms with Crippen molar-refractivity contribution in [3.05, 3.63) is 83.1 Å². The second-order valence-corrected chi connectivity index (χ2v) is 5.74. The number of carbonyl (C=O) groups excluding carboxylic acids is 1. The Bertz CT molecular complexity index is 814. The molecular weight excluding hydrogens is 310 g/mol. The average Bonchev–Trinajstić information content (AvgIpc) is 3.03. The normalized spacial score (nSPS) is 10.5. The first kappa shape index (κ1) is 15.3. The molecule has 1 amide bonds. The second kappa shape index (κ2) is 6.67. The molecule has 4 nitrogen and oxygen atoms in total. The lowest BCUT2D eigenvalue weighted by atomic mass is 10.2. The highest BCUT2D eigenvalue weighted by molar-refractivity contribution is 6.30. The fraction of sp³-hybridized carbons (Fsp3) is 0.111. The zero-order valence-corrected chi connectivity index (χ0v) is 13.4. The van der Waals surface area contributed by atoms with E-state index in [1.54, 1.807) is 47.1 Å². The van der Waals surface area contributed by atoms with Crippen LogP contribution in [0.1, 0.15) is 15.9 Å². The molecule has 0 bridgehead atoms. The molecular formula is C18H16ClN3O. The Labute approximate surface area is 139 Å². The van der Waals surface area contributed by atoms with E-state index in [-0.39, 0.29) is 5.91 Å². The standard InChI is InChI=1S/C18H16ClN3O/c1-21(18(23)15-6-5-7-16(19)10-15)12-14-11-20-22(13-14)17-8-3-2-4-9-17/h2-11,13H,12H2,1H3. The lowest BCUT2D eigenvalue weighted by molar-refractivity contribution is 0.0785. The number of para-hydroxylation sites is 1. The van der Waals surface area contributed by atoms with Gasteiger partial charge in [0.1, 0.15) is 0 Å². The Morgan fingerprint density at radius 1 is 1.17 bits per heavy atom. The monoisotopic (exact) mass is 325 g/mol. The van der Waals surface area contributed by atoms with Crippen molar-refractivity contribution in [2.45, 2.75) is 6.54 Å². The van der Waals surface area contributed by atoms with E-state index in [1.807, 2.05) is 36.5 Å². The summed E-state index contributed by atoms with van der Waals surface area (Å²) in [4.78, 5) is 14.1. The molecule has 2 aromatic carbocycles. The van der Waals surface area contributed by atoms with Gasteiger partial charge >= 0.3 is 0 Å². The van der Waals surface area contributed by atoms with Crippen molar-refractivity contribution in [2.24, 2.45) is 0 Å². The average molecular weight is 326 g/mol. The predicted octanol–water partition coefficient (Wildman–Crippen LogP) is 3.80. The number of halogens is 1. The van der Waals surface area contributed by atoms with Gasteiger partial charge in [-0.2, -0.15) is 5.10 Å². The van der Waals surface area contributed by atoms with Crippen LogP contribution in [0.3, 0.4) is 0 Å². The van der Waals surface area contributed by atoms with Gasteiger partial charge in [-0.1, -0.05) is 35.9 Å². The highest BCUT2D eigenvalue weighted by atomic mass is 35.5. The van der Waals surface area contributed by atoms with Crippen LogP contribution in [0.5, 0.6) is 0 Å². The summed E-state index contributed by atoms with van der Waals surface area (Å²) in [7, 11) is 1.77. The molecule has 0 fully saturated rings. The van der Waals surface area contributed by atoms with Crippen LogP contribution in [-0.4, -0.2) is 27.6 Å². The molecule has 116 valence electrons. The van der Waals surface area contributed by atoms with Gasteiger partial charge in [-0.25, -0.2) is 4.68 Å². The highest BCUT2D eigenvalue weighted by Gasteiger charge is 2.13. The summed E-state index contributed by atoms with van der Waals surface area (Å²) < 4.78 is 1.80. The second-order valence-electron chi connectivity index (χ2n) is 5.30. The van der Waals surface area contributed by atoms with Crippen LogP contribution in [0.4, 0.5) is 0 Å². The minimum absolute atomic E-state index is 0.0695. The smallest absolute Gasteiger partial charge is 0.253 e. The van der Waals surface area contributed by atoms with E-state index in [1.165, 1.54) is 0 Å². The molecule has 0 radical (unpaired) electrons. The first-order valence-electron chi connectivity index (χ1n) is 7.23. The van der Waals surface area contributed by atoms with Gasteiger partial charge in [0.15, 0.2) is 0 Å². The lowest BCUT2D eigenvalue weighted by Gasteiger charge is -2.16. The number of hydrogen-bond donors (Lipinski definition) is 0. The first-order chi connectivity index (χ1) is 11.1. The van der Waals surface area contributed by atoms with E-state index in [9.17, 15) is 4.79 Å². The number of amides is 1. The van der Waals surface area contributed by atoms with E-state index in [0.29, 0.717) is 17.1 Å². The number of nitrogens with zero attached hydrogens (tertiary/aromatic N) is 3. The molecule has 3 rings (SSSR count). The molecule has 23 heavy (non-hydrogen) atoms. The zero-order chi connectivity index (χ0) is 16.2. The topological polar surface area (TPSA) is 38.1 Å². The quantitative estimate of drug-likeness (QED) is 0.732. The maximum Gasteiger partial charge on any atom is 0.253 e. The van der Waals surface area contributed by atoms with Gasteiger partial charge in [0.05, 0.1) is 11.9 Å². The van der Waals surface area contributed by atoms with Crippen molar-refractivity contribution >= 4 is 17.5 Å². The van der Waals surface area contributed by atoms with Gasteiger partial charge in [0, 0.05) is 35.9 Å². The Morgan fingerprint density at radius 2 is 1.96 bits per heavy atom. The molecule has 0 unspecified atom stereocenters. The summed E-state index contributed by atoms with van der Waals surface area (Å²) >= 11 is 5.94. The third-order valence-corrected chi connectivity index (χ3v) is 3.73. The molecule has 1 heterocycles. The van der Waals surface area contributed by atoms with Crippen LogP contribution >= 0.6 is 11.6 Å². The van der Waals surface area contributed by atoms with Gasteiger partial charge in [0.25, 0.3) is 5.91 Å². The summed E-state index contributed by atoms with van der Waals surface area (Å²) in [5.41, 5.74) is 2.53. The molecule has 5 heteroatoms. The molecule has 3 aromatic rings. The van der Waals surface area contributed by atoms with Crippen LogP contribution in [0.25, 0.3) is 5.69 Å². The van der Waals surface area contributed by atoms with Crippen molar-refractivity contribution in [2.75, 3.05) is 7.05 Å².